The first kappa shape index (κ1) is 23.8. The number of rotatable bonds is 10. The van der Waals surface area contributed by atoms with Crippen LogP contribution in [-0.4, -0.2) is 36.2 Å². The molecule has 1 saturated heterocycles. The van der Waals surface area contributed by atoms with Gasteiger partial charge in [-0.3, -0.25) is 0 Å². The highest BCUT2D eigenvalue weighted by Crippen LogP contribution is 2.42. The highest BCUT2D eigenvalue weighted by molar-refractivity contribution is 5.35. The average Bonchev–Trinajstić information content (AvgIpc) is 3.06. The Labute approximate surface area is 189 Å². The van der Waals surface area contributed by atoms with E-state index in [1.807, 2.05) is 19.1 Å². The predicted molar refractivity (Wildman–Crippen MR) is 130 cm³/mol. The molecule has 0 aliphatic carbocycles. The zero-order chi connectivity index (χ0) is 22.1. The Morgan fingerprint density at radius 3 is 2.16 bits per heavy atom. The van der Waals surface area contributed by atoms with E-state index < -0.39 is 5.60 Å². The molecule has 0 spiro atoms. The molecule has 1 aliphatic rings. The first-order valence-corrected chi connectivity index (χ1v) is 12.3. The molecule has 3 nitrogen and oxygen atoms in total. The Balaban J connectivity index is 1.98. The minimum Gasteiger partial charge on any atom is -0.494 e. The maximum Gasteiger partial charge on any atom is 0.119 e. The second-order valence-corrected chi connectivity index (χ2v) is 9.49. The summed E-state index contributed by atoms with van der Waals surface area (Å²) in [5.41, 5.74) is 1.31. The van der Waals surface area contributed by atoms with Crippen LogP contribution in [0.3, 0.4) is 0 Å². The molecule has 170 valence electrons. The van der Waals surface area contributed by atoms with Crippen molar-refractivity contribution in [1.82, 2.24) is 4.90 Å². The molecule has 0 aromatic heterocycles. The van der Waals surface area contributed by atoms with Gasteiger partial charge in [0.25, 0.3) is 0 Å². The van der Waals surface area contributed by atoms with Crippen LogP contribution < -0.4 is 4.74 Å². The molecule has 3 heteroatoms. The third-order valence-corrected chi connectivity index (χ3v) is 6.69. The Morgan fingerprint density at radius 2 is 1.58 bits per heavy atom. The third-order valence-electron chi connectivity index (χ3n) is 6.69. The molecule has 0 bridgehead atoms. The van der Waals surface area contributed by atoms with E-state index in [4.69, 9.17) is 4.74 Å². The first-order valence-electron chi connectivity index (χ1n) is 12.3. The van der Waals surface area contributed by atoms with Crippen molar-refractivity contribution in [3.63, 3.8) is 0 Å². The van der Waals surface area contributed by atoms with Crippen LogP contribution in [0.1, 0.15) is 76.3 Å². The van der Waals surface area contributed by atoms with Gasteiger partial charge in [0, 0.05) is 12.5 Å². The molecule has 2 atom stereocenters. The summed E-state index contributed by atoms with van der Waals surface area (Å²) < 4.78 is 5.66. The smallest absolute Gasteiger partial charge is 0.119 e. The first-order chi connectivity index (χ1) is 15.0. The topological polar surface area (TPSA) is 32.7 Å². The maximum absolute atomic E-state index is 12.4. The predicted octanol–water partition coefficient (Wildman–Crippen LogP) is 6.37. The minimum atomic E-state index is -0.914. The van der Waals surface area contributed by atoms with Crippen LogP contribution in [-0.2, 0) is 5.60 Å². The van der Waals surface area contributed by atoms with Crippen LogP contribution in [0, 0.1) is 5.92 Å². The molecular formula is C28H41NO2. The van der Waals surface area contributed by atoms with Crippen LogP contribution >= 0.6 is 0 Å². The van der Waals surface area contributed by atoms with Gasteiger partial charge < -0.3 is 14.7 Å². The average molecular weight is 424 g/mol. The fraction of sp³-hybridized carbons (Fsp3) is 0.571. The number of hydrogen-bond acceptors (Lipinski definition) is 3. The highest BCUT2D eigenvalue weighted by atomic mass is 16.5. The Morgan fingerprint density at radius 1 is 0.935 bits per heavy atom. The Kier molecular flexibility index (Phi) is 8.98. The lowest BCUT2D eigenvalue weighted by Gasteiger charge is -2.40. The zero-order valence-electron chi connectivity index (χ0n) is 19.7. The van der Waals surface area contributed by atoms with Gasteiger partial charge >= 0.3 is 0 Å². The van der Waals surface area contributed by atoms with E-state index in [1.54, 1.807) is 0 Å². The number of likely N-dealkylation sites (tertiary alicyclic amines) is 1. The van der Waals surface area contributed by atoms with Crippen molar-refractivity contribution < 1.29 is 9.84 Å². The van der Waals surface area contributed by atoms with E-state index >= 15 is 0 Å². The quantitative estimate of drug-likeness (QED) is 0.482. The molecule has 2 aromatic rings. The van der Waals surface area contributed by atoms with Gasteiger partial charge in [0.2, 0.25) is 0 Å². The third kappa shape index (κ3) is 6.57. The van der Waals surface area contributed by atoms with Crippen LogP contribution in [0.25, 0.3) is 0 Å². The number of benzene rings is 2. The Bertz CT molecular complexity index is 750. The monoisotopic (exact) mass is 423 g/mol. The van der Waals surface area contributed by atoms with Crippen LogP contribution in [0.15, 0.2) is 54.6 Å². The lowest BCUT2D eigenvalue weighted by atomic mass is 9.73. The molecule has 1 fully saturated rings. The summed E-state index contributed by atoms with van der Waals surface area (Å²) in [7, 11) is 0. The van der Waals surface area contributed by atoms with Crippen molar-refractivity contribution in [3.8, 4) is 5.75 Å². The van der Waals surface area contributed by atoms with Gasteiger partial charge in [-0.1, -0.05) is 69.2 Å². The summed E-state index contributed by atoms with van der Waals surface area (Å²) in [6, 6.07) is 18.8. The molecule has 3 rings (SSSR count). The molecule has 1 N–H and O–H groups in total. The van der Waals surface area contributed by atoms with Gasteiger partial charge in [0.05, 0.1) is 12.2 Å². The minimum absolute atomic E-state index is 0.0310. The Hall–Kier alpha value is -1.84. The zero-order valence-corrected chi connectivity index (χ0v) is 19.7. The molecule has 2 aromatic carbocycles. The van der Waals surface area contributed by atoms with Gasteiger partial charge in [-0.2, -0.15) is 0 Å². The van der Waals surface area contributed by atoms with Gasteiger partial charge in [-0.25, -0.2) is 0 Å². The van der Waals surface area contributed by atoms with E-state index in [1.165, 1.54) is 31.2 Å². The van der Waals surface area contributed by atoms with Crippen LogP contribution in [0.5, 0.6) is 5.75 Å². The van der Waals surface area contributed by atoms with Gasteiger partial charge in [0.1, 0.15) is 5.75 Å². The molecule has 0 saturated carbocycles. The van der Waals surface area contributed by atoms with E-state index in [0.717, 1.165) is 43.8 Å². The lowest BCUT2D eigenvalue weighted by molar-refractivity contribution is -0.0170. The number of aliphatic hydroxyl groups is 1. The highest BCUT2D eigenvalue weighted by Gasteiger charge is 2.40. The van der Waals surface area contributed by atoms with Crippen molar-refractivity contribution in [2.45, 2.75) is 70.8 Å². The van der Waals surface area contributed by atoms with E-state index in [0.29, 0.717) is 12.5 Å². The molecule has 0 radical (unpaired) electrons. The summed E-state index contributed by atoms with van der Waals surface area (Å²) in [5, 5.41) is 12.4. The normalized spacial score (nSPS) is 18.4. The molecule has 2 unspecified atom stereocenters. The van der Waals surface area contributed by atoms with Crippen molar-refractivity contribution in [2.24, 2.45) is 5.92 Å². The van der Waals surface area contributed by atoms with Crippen molar-refractivity contribution >= 4 is 0 Å². The number of nitrogens with zero attached hydrogens (tertiary/aromatic N) is 1. The molecule has 0 amide bonds. The summed E-state index contributed by atoms with van der Waals surface area (Å²) >= 11 is 0. The second-order valence-electron chi connectivity index (χ2n) is 9.49. The van der Waals surface area contributed by atoms with Crippen molar-refractivity contribution in [2.75, 3.05) is 26.2 Å². The standard InChI is InChI=1S/C28H41NO2/c1-4-31-26-16-14-25(15-17-26)28(30,19-18-23(2)3)27(24-12-8-7-9-13-24)22-29-20-10-5-6-11-21-29/h7-9,12-17,23,27,30H,4-6,10-11,18-22H2,1-3H3. The fourth-order valence-electron chi connectivity index (χ4n) is 4.83. The van der Waals surface area contributed by atoms with Gasteiger partial charge in [-0.15, -0.1) is 0 Å². The lowest BCUT2D eigenvalue weighted by Crippen LogP contribution is -2.41. The van der Waals surface area contributed by atoms with Crippen molar-refractivity contribution in [3.05, 3.63) is 65.7 Å². The summed E-state index contributed by atoms with van der Waals surface area (Å²) in [6.07, 6.45) is 6.91. The van der Waals surface area contributed by atoms with Gasteiger partial charge in [0.15, 0.2) is 0 Å². The van der Waals surface area contributed by atoms with Crippen LogP contribution in [0.4, 0.5) is 0 Å². The molecule has 1 heterocycles. The van der Waals surface area contributed by atoms with Crippen LogP contribution in [0.2, 0.25) is 0 Å². The largest absolute Gasteiger partial charge is 0.494 e. The fourth-order valence-corrected chi connectivity index (χ4v) is 4.83. The molecule has 1 aliphatic heterocycles. The maximum atomic E-state index is 12.4. The summed E-state index contributed by atoms with van der Waals surface area (Å²) in [5.74, 6) is 1.44. The van der Waals surface area contributed by atoms with E-state index in [-0.39, 0.29) is 5.92 Å². The summed E-state index contributed by atoms with van der Waals surface area (Å²) in [4.78, 5) is 2.58. The summed E-state index contributed by atoms with van der Waals surface area (Å²) in [6.45, 7) is 10.3. The molecular weight excluding hydrogens is 382 g/mol. The number of hydrogen-bond donors (Lipinski definition) is 1. The SMILES string of the molecule is CCOc1ccc(C(O)(CCC(C)C)C(CN2CCCCCC2)c2ccccc2)cc1. The van der Waals surface area contributed by atoms with Gasteiger partial charge in [-0.05, 0) is 74.9 Å². The number of ether oxygens (including phenoxy) is 1. The van der Waals surface area contributed by atoms with Crippen molar-refractivity contribution in [1.29, 1.82) is 0 Å². The second kappa shape index (κ2) is 11.7. The van der Waals surface area contributed by atoms with E-state index in [9.17, 15) is 5.11 Å². The van der Waals surface area contributed by atoms with E-state index in [2.05, 4.69) is 61.2 Å². The molecule has 31 heavy (non-hydrogen) atoms.